The molecule has 128 valence electrons. The lowest BCUT2D eigenvalue weighted by atomic mass is 9.86. The quantitative estimate of drug-likeness (QED) is 0.872. The topological polar surface area (TPSA) is 58.6 Å². The predicted molar refractivity (Wildman–Crippen MR) is 77.8 cm³/mol. The second-order valence-electron chi connectivity index (χ2n) is 5.78. The molecule has 0 spiro atoms. The molecule has 0 bridgehead atoms. The van der Waals surface area contributed by atoms with Crippen LogP contribution in [0, 0.1) is 5.92 Å². The Hall–Kier alpha value is -1.76. The fourth-order valence-electron chi connectivity index (χ4n) is 2.60. The second kappa shape index (κ2) is 7.68. The van der Waals surface area contributed by atoms with Crippen LogP contribution < -0.4 is 10.1 Å². The van der Waals surface area contributed by atoms with Gasteiger partial charge in [0.05, 0.1) is 6.10 Å². The molecule has 2 unspecified atom stereocenters. The number of aliphatic hydroxyl groups excluding tert-OH is 1. The van der Waals surface area contributed by atoms with Gasteiger partial charge in [0.2, 0.25) is 5.91 Å². The maximum atomic E-state index is 12.0. The van der Waals surface area contributed by atoms with Gasteiger partial charge in [-0.15, -0.1) is 0 Å². The molecule has 0 aromatic heterocycles. The van der Waals surface area contributed by atoms with E-state index in [4.69, 9.17) is 0 Å². The van der Waals surface area contributed by atoms with Crippen LogP contribution in [0.4, 0.5) is 13.2 Å². The van der Waals surface area contributed by atoms with Gasteiger partial charge in [-0.05, 0) is 37.0 Å². The number of alkyl halides is 3. The van der Waals surface area contributed by atoms with Crippen LogP contribution in [0.2, 0.25) is 0 Å². The summed E-state index contributed by atoms with van der Waals surface area (Å²) in [6.45, 7) is -1.03. The third-order valence-corrected chi connectivity index (χ3v) is 3.81. The summed E-state index contributed by atoms with van der Waals surface area (Å²) in [5, 5.41) is 12.4. The van der Waals surface area contributed by atoms with Crippen molar-refractivity contribution >= 4 is 5.91 Å². The minimum Gasteiger partial charge on any atom is -0.484 e. The number of benzene rings is 1. The summed E-state index contributed by atoms with van der Waals surface area (Å²) < 4.78 is 40.8. The van der Waals surface area contributed by atoms with Gasteiger partial charge in [-0.25, -0.2) is 0 Å². The number of ether oxygens (including phenoxy) is 1. The predicted octanol–water partition coefficient (Wildman–Crippen LogP) is 2.80. The third kappa shape index (κ3) is 6.09. The minimum absolute atomic E-state index is 0.0962. The molecule has 0 aliphatic heterocycles. The van der Waals surface area contributed by atoms with Crippen LogP contribution in [0.15, 0.2) is 24.3 Å². The Morgan fingerprint density at radius 3 is 2.57 bits per heavy atom. The third-order valence-electron chi connectivity index (χ3n) is 3.81. The highest BCUT2D eigenvalue weighted by molar-refractivity contribution is 5.78. The zero-order valence-electron chi connectivity index (χ0n) is 12.6. The highest BCUT2D eigenvalue weighted by Crippen LogP contribution is 2.24. The molecule has 1 amide bonds. The molecule has 1 saturated carbocycles. The Labute approximate surface area is 132 Å². The molecular formula is C16H20F3NO3. The highest BCUT2D eigenvalue weighted by atomic mass is 19.4. The van der Waals surface area contributed by atoms with E-state index in [0.717, 1.165) is 24.8 Å². The van der Waals surface area contributed by atoms with Crippen LogP contribution >= 0.6 is 0 Å². The van der Waals surface area contributed by atoms with E-state index >= 15 is 0 Å². The summed E-state index contributed by atoms with van der Waals surface area (Å²) in [4.78, 5) is 12.0. The van der Waals surface area contributed by atoms with E-state index in [1.165, 1.54) is 12.1 Å². The summed E-state index contributed by atoms with van der Waals surface area (Å²) in [5.41, 5.74) is 0.772. The summed E-state index contributed by atoms with van der Waals surface area (Å²) in [6, 6.07) is 6.11. The van der Waals surface area contributed by atoms with E-state index in [1.807, 2.05) is 0 Å². The van der Waals surface area contributed by atoms with Gasteiger partial charge in [-0.1, -0.05) is 18.6 Å². The van der Waals surface area contributed by atoms with Crippen LogP contribution in [0.5, 0.6) is 5.75 Å². The molecule has 1 aromatic rings. The average Bonchev–Trinajstić information content (AvgIpc) is 2.51. The summed E-state index contributed by atoms with van der Waals surface area (Å²) >= 11 is 0. The van der Waals surface area contributed by atoms with E-state index in [1.54, 1.807) is 12.1 Å². The largest absolute Gasteiger partial charge is 0.484 e. The Bertz CT molecular complexity index is 516. The second-order valence-corrected chi connectivity index (χ2v) is 5.78. The van der Waals surface area contributed by atoms with Crippen LogP contribution in [0.1, 0.15) is 31.2 Å². The molecule has 1 fully saturated rings. The molecule has 7 heteroatoms. The lowest BCUT2D eigenvalue weighted by Gasteiger charge is -2.24. The van der Waals surface area contributed by atoms with Crippen molar-refractivity contribution in [3.63, 3.8) is 0 Å². The number of rotatable bonds is 5. The van der Waals surface area contributed by atoms with Gasteiger partial charge in [0.15, 0.2) is 6.61 Å². The lowest BCUT2D eigenvalue weighted by Crippen LogP contribution is -2.34. The maximum Gasteiger partial charge on any atom is 0.422 e. The zero-order valence-corrected chi connectivity index (χ0v) is 12.6. The number of carbonyl (C=O) groups excluding carboxylic acids is 1. The summed E-state index contributed by atoms with van der Waals surface area (Å²) in [6.07, 6.45) is -1.95. The Kier molecular flexibility index (Phi) is 5.87. The smallest absolute Gasteiger partial charge is 0.422 e. The van der Waals surface area contributed by atoms with Crippen LogP contribution in [0.3, 0.4) is 0 Å². The SMILES string of the molecule is O=C(NCc1ccc(OCC(F)(F)F)cc1)C1CCCC(O)C1. The number of aliphatic hydroxyl groups is 1. The van der Waals surface area contributed by atoms with Gasteiger partial charge in [0, 0.05) is 12.5 Å². The van der Waals surface area contributed by atoms with Crippen molar-refractivity contribution in [3.8, 4) is 5.75 Å². The molecule has 1 aromatic carbocycles. The highest BCUT2D eigenvalue weighted by Gasteiger charge is 2.28. The van der Waals surface area contributed by atoms with E-state index in [0.29, 0.717) is 13.0 Å². The molecular weight excluding hydrogens is 311 g/mol. The van der Waals surface area contributed by atoms with Crippen LogP contribution in [-0.4, -0.2) is 29.9 Å². The van der Waals surface area contributed by atoms with Crippen molar-refractivity contribution in [1.82, 2.24) is 5.32 Å². The van der Waals surface area contributed by atoms with E-state index < -0.39 is 18.9 Å². The fourth-order valence-corrected chi connectivity index (χ4v) is 2.60. The monoisotopic (exact) mass is 331 g/mol. The van der Waals surface area contributed by atoms with Gasteiger partial charge < -0.3 is 15.2 Å². The van der Waals surface area contributed by atoms with Crippen molar-refractivity contribution < 1.29 is 27.8 Å². The lowest BCUT2D eigenvalue weighted by molar-refractivity contribution is -0.153. The van der Waals surface area contributed by atoms with Gasteiger partial charge >= 0.3 is 6.18 Å². The first-order chi connectivity index (χ1) is 10.8. The molecule has 1 aliphatic rings. The molecule has 1 aliphatic carbocycles. The molecule has 23 heavy (non-hydrogen) atoms. The number of carbonyl (C=O) groups is 1. The summed E-state index contributed by atoms with van der Waals surface area (Å²) in [7, 11) is 0. The molecule has 0 radical (unpaired) electrons. The number of hydrogen-bond acceptors (Lipinski definition) is 3. The van der Waals surface area contributed by atoms with Crippen molar-refractivity contribution in [3.05, 3.63) is 29.8 Å². The van der Waals surface area contributed by atoms with Crippen molar-refractivity contribution in [2.75, 3.05) is 6.61 Å². The first-order valence-corrected chi connectivity index (χ1v) is 7.58. The maximum absolute atomic E-state index is 12.0. The van der Waals surface area contributed by atoms with Gasteiger partial charge in [-0.2, -0.15) is 13.2 Å². The van der Waals surface area contributed by atoms with Crippen molar-refractivity contribution in [2.24, 2.45) is 5.92 Å². The average molecular weight is 331 g/mol. The molecule has 4 nitrogen and oxygen atoms in total. The first kappa shape index (κ1) is 17.6. The van der Waals surface area contributed by atoms with Crippen LogP contribution in [-0.2, 0) is 11.3 Å². The number of hydrogen-bond donors (Lipinski definition) is 2. The molecule has 0 heterocycles. The molecule has 0 saturated heterocycles. The first-order valence-electron chi connectivity index (χ1n) is 7.58. The van der Waals surface area contributed by atoms with Crippen LogP contribution in [0.25, 0.3) is 0 Å². The van der Waals surface area contributed by atoms with Gasteiger partial charge in [0.25, 0.3) is 0 Å². The molecule has 2 atom stereocenters. The van der Waals surface area contributed by atoms with E-state index in [2.05, 4.69) is 10.1 Å². The standard InChI is InChI=1S/C16H20F3NO3/c17-16(18,19)10-23-14-6-4-11(5-7-14)9-20-15(22)12-2-1-3-13(21)8-12/h4-7,12-13,21H,1-3,8-10H2,(H,20,22). The zero-order chi connectivity index (χ0) is 16.9. The Morgan fingerprint density at radius 2 is 1.96 bits per heavy atom. The van der Waals surface area contributed by atoms with Crippen molar-refractivity contribution in [2.45, 2.75) is 44.5 Å². The minimum atomic E-state index is -4.36. The fraction of sp³-hybridized carbons (Fsp3) is 0.562. The normalized spacial score (nSPS) is 21.7. The van der Waals surface area contributed by atoms with Crippen molar-refractivity contribution in [1.29, 1.82) is 0 Å². The summed E-state index contributed by atoms with van der Waals surface area (Å²) in [5.74, 6) is -0.137. The van der Waals surface area contributed by atoms with E-state index in [9.17, 15) is 23.1 Å². The van der Waals surface area contributed by atoms with Gasteiger partial charge in [-0.3, -0.25) is 4.79 Å². The van der Waals surface area contributed by atoms with Gasteiger partial charge in [0.1, 0.15) is 5.75 Å². The molecule has 2 N–H and O–H groups in total. The number of amides is 1. The number of halogens is 3. The Morgan fingerprint density at radius 1 is 1.26 bits per heavy atom. The number of nitrogens with one attached hydrogen (secondary N) is 1. The Balaban J connectivity index is 1.78. The van der Waals surface area contributed by atoms with E-state index in [-0.39, 0.29) is 17.6 Å². The molecule has 2 rings (SSSR count).